The van der Waals surface area contributed by atoms with Gasteiger partial charge in [-0.2, -0.15) is 0 Å². The molecule has 3 aromatic heterocycles. The maximum absolute atomic E-state index is 7.27. The van der Waals surface area contributed by atoms with Gasteiger partial charge in [-0.15, -0.1) is 0 Å². The summed E-state index contributed by atoms with van der Waals surface area (Å²) in [4.78, 5) is 13.1. The third-order valence-corrected chi connectivity index (χ3v) is 12.3. The Labute approximate surface area is 437 Å². The first-order valence-electron chi connectivity index (χ1n) is 24.8. The van der Waals surface area contributed by atoms with Crippen molar-refractivity contribution in [1.82, 2.24) is 15.0 Å². The Morgan fingerprint density at radius 2 is 0.467 bits per heavy atom. The second-order valence-electron chi connectivity index (χ2n) is 17.8. The topological polar surface area (TPSA) is 103 Å². The van der Waals surface area contributed by atoms with Crippen molar-refractivity contribution in [3.63, 3.8) is 0 Å². The number of hydrogen-bond donors (Lipinski definition) is 0. The van der Waals surface area contributed by atoms with Gasteiger partial charge in [0.15, 0.2) is 0 Å². The molecule has 372 valence electrons. The largest absolute Gasteiger partial charge is 0.489 e. The minimum atomic E-state index is -1.07. The molecule has 7 aromatic carbocycles. The number of ether oxygens (including phenoxy) is 7. The number of hydrogen-bond acceptors (Lipinski definition) is 10. The lowest BCUT2D eigenvalue weighted by atomic mass is 9.81. The van der Waals surface area contributed by atoms with Crippen LogP contribution in [-0.2, 0) is 56.6 Å². The van der Waals surface area contributed by atoms with E-state index in [2.05, 4.69) is 15.0 Å². The lowest BCUT2D eigenvalue weighted by Crippen LogP contribution is -2.33. The zero-order valence-electron chi connectivity index (χ0n) is 41.3. The van der Waals surface area contributed by atoms with Crippen molar-refractivity contribution in [2.75, 3.05) is 0 Å². The van der Waals surface area contributed by atoms with Crippen LogP contribution < -0.4 is 28.4 Å². The number of pyridine rings is 3. The van der Waals surface area contributed by atoms with Gasteiger partial charge in [0.05, 0.1) is 6.61 Å². The molecule has 0 fully saturated rings. The lowest BCUT2D eigenvalue weighted by molar-refractivity contribution is -0.000102. The van der Waals surface area contributed by atoms with Gasteiger partial charge in [0.25, 0.3) is 0 Å². The first kappa shape index (κ1) is 49.3. The molecule has 75 heavy (non-hydrogen) atoms. The van der Waals surface area contributed by atoms with Crippen LogP contribution in [0.1, 0.15) is 55.6 Å². The van der Waals surface area contributed by atoms with Crippen LogP contribution in [0, 0.1) is 0 Å². The van der Waals surface area contributed by atoms with Crippen molar-refractivity contribution in [1.29, 1.82) is 0 Å². The lowest BCUT2D eigenvalue weighted by Gasteiger charge is -2.35. The van der Waals surface area contributed by atoms with Gasteiger partial charge >= 0.3 is 0 Å². The van der Waals surface area contributed by atoms with E-state index in [1.165, 1.54) is 0 Å². The van der Waals surface area contributed by atoms with Gasteiger partial charge in [0.1, 0.15) is 79.7 Å². The average molecular weight is 990 g/mol. The van der Waals surface area contributed by atoms with E-state index in [9.17, 15) is 0 Å². The monoisotopic (exact) mass is 989 g/mol. The standard InChI is InChI=1S/C65H55N3O7/c1-5-13-49(14-6-1)42-69-59-33-53(34-60(39-59)70-43-50-15-7-2-8-16-50)46-73-63-37-55(48-75-65(56-21-27-66-28-22-56,57-23-29-67-30-24-57)58-25-31-68-32-26-58)38-64(41-63)74-47-54-35-61(71-44-51-17-9-3-10-18-51)40-62(36-54)72-45-52-19-11-4-12-20-52/h1-41H,42-48H2. The fourth-order valence-corrected chi connectivity index (χ4v) is 8.64. The second-order valence-corrected chi connectivity index (χ2v) is 17.8. The summed E-state index contributed by atoms with van der Waals surface area (Å²) in [6, 6.07) is 69.8. The third kappa shape index (κ3) is 13.6. The maximum Gasteiger partial charge on any atom is 0.144 e. The Morgan fingerprint density at radius 1 is 0.240 bits per heavy atom. The minimum Gasteiger partial charge on any atom is -0.489 e. The van der Waals surface area contributed by atoms with Crippen molar-refractivity contribution in [3.05, 3.63) is 305 Å². The van der Waals surface area contributed by atoms with E-state index in [1.807, 2.05) is 212 Å². The highest BCUT2D eigenvalue weighted by Crippen LogP contribution is 2.41. The normalized spacial score (nSPS) is 11.1. The Hall–Kier alpha value is -9.25. The zero-order chi connectivity index (χ0) is 50.7. The van der Waals surface area contributed by atoms with Gasteiger partial charge in [-0.1, -0.05) is 121 Å². The first-order valence-corrected chi connectivity index (χ1v) is 24.8. The predicted molar refractivity (Wildman–Crippen MR) is 288 cm³/mol. The van der Waals surface area contributed by atoms with E-state index in [4.69, 9.17) is 33.2 Å². The molecule has 10 nitrogen and oxygen atoms in total. The van der Waals surface area contributed by atoms with E-state index in [0.29, 0.717) is 60.9 Å². The minimum absolute atomic E-state index is 0.154. The quantitative estimate of drug-likeness (QED) is 0.0581. The Morgan fingerprint density at radius 3 is 0.720 bits per heavy atom. The molecule has 0 unspecified atom stereocenters. The summed E-state index contributed by atoms with van der Waals surface area (Å²) in [5.41, 5.74) is 8.34. The molecule has 0 saturated carbocycles. The third-order valence-electron chi connectivity index (χ3n) is 12.3. The summed E-state index contributed by atoms with van der Waals surface area (Å²) >= 11 is 0. The molecule has 0 spiro atoms. The molecule has 0 aliphatic rings. The zero-order valence-corrected chi connectivity index (χ0v) is 41.3. The van der Waals surface area contributed by atoms with E-state index in [0.717, 1.165) is 55.6 Å². The average Bonchev–Trinajstić information content (AvgIpc) is 3.48. The number of benzene rings is 7. The van der Waals surface area contributed by atoms with Crippen molar-refractivity contribution in [2.24, 2.45) is 0 Å². The van der Waals surface area contributed by atoms with Gasteiger partial charge in [-0.25, -0.2) is 0 Å². The van der Waals surface area contributed by atoms with Crippen LogP contribution in [0.3, 0.4) is 0 Å². The molecule has 0 saturated heterocycles. The van der Waals surface area contributed by atoms with Crippen LogP contribution in [0.25, 0.3) is 0 Å². The van der Waals surface area contributed by atoms with Crippen LogP contribution in [0.5, 0.6) is 34.5 Å². The summed E-state index contributed by atoms with van der Waals surface area (Å²) < 4.78 is 46.1. The fourth-order valence-electron chi connectivity index (χ4n) is 8.64. The number of rotatable bonds is 24. The summed E-state index contributed by atoms with van der Waals surface area (Å²) in [6.07, 6.45) is 10.6. The van der Waals surface area contributed by atoms with E-state index >= 15 is 0 Å². The van der Waals surface area contributed by atoms with Crippen LogP contribution in [0.2, 0.25) is 0 Å². The highest BCUT2D eigenvalue weighted by molar-refractivity contribution is 5.47. The van der Waals surface area contributed by atoms with Gasteiger partial charge in [0, 0.05) is 55.4 Å². The second kappa shape index (κ2) is 24.9. The summed E-state index contributed by atoms with van der Waals surface area (Å²) in [7, 11) is 0. The Bertz CT molecular complexity index is 2940. The SMILES string of the molecule is c1ccc(COc2cc(COc3cc(COC(c4ccncc4)(c4ccncc4)c4ccncc4)cc(OCc4cc(OCc5ccccc5)cc(OCc5ccccc5)c4)c3)cc(OCc3ccccc3)c2)cc1. The highest BCUT2D eigenvalue weighted by Gasteiger charge is 2.38. The first-order chi connectivity index (χ1) is 37.1. The van der Waals surface area contributed by atoms with Crippen LogP contribution >= 0.6 is 0 Å². The van der Waals surface area contributed by atoms with Crippen molar-refractivity contribution in [2.45, 2.75) is 51.8 Å². The van der Waals surface area contributed by atoms with Gasteiger partial charge < -0.3 is 33.2 Å². The molecule has 10 aromatic rings. The molecular weight excluding hydrogens is 935 g/mol. The van der Waals surface area contributed by atoms with Gasteiger partial charge in [-0.05, 0) is 128 Å². The molecule has 0 aliphatic heterocycles. The van der Waals surface area contributed by atoms with E-state index in [-0.39, 0.29) is 19.8 Å². The Balaban J connectivity index is 0.965. The summed E-state index contributed by atoms with van der Waals surface area (Å²) in [6.45, 7) is 2.14. The van der Waals surface area contributed by atoms with Crippen molar-refractivity contribution in [3.8, 4) is 34.5 Å². The van der Waals surface area contributed by atoms with Crippen LogP contribution in [0.15, 0.2) is 250 Å². The van der Waals surface area contributed by atoms with Crippen molar-refractivity contribution >= 4 is 0 Å². The molecule has 10 heteroatoms. The predicted octanol–water partition coefficient (Wildman–Crippen LogP) is 13.9. The van der Waals surface area contributed by atoms with Crippen molar-refractivity contribution < 1.29 is 33.2 Å². The van der Waals surface area contributed by atoms with E-state index in [1.54, 1.807) is 37.2 Å². The van der Waals surface area contributed by atoms with Gasteiger partial charge in [-0.3, -0.25) is 15.0 Å². The molecule has 0 aliphatic carbocycles. The molecule has 10 rings (SSSR count). The maximum atomic E-state index is 7.27. The van der Waals surface area contributed by atoms with Gasteiger partial charge in [0.2, 0.25) is 0 Å². The molecule has 0 N–H and O–H groups in total. The fraction of sp³-hybridized carbons (Fsp3) is 0.123. The molecular formula is C65H55N3O7. The highest BCUT2D eigenvalue weighted by atomic mass is 16.5. The molecule has 0 amide bonds. The van der Waals surface area contributed by atoms with Crippen LogP contribution in [0.4, 0.5) is 0 Å². The number of nitrogens with zero attached hydrogens (tertiary/aromatic N) is 3. The Kier molecular flexibility index (Phi) is 16.4. The molecule has 0 atom stereocenters. The summed E-state index contributed by atoms with van der Waals surface area (Å²) in [5, 5.41) is 0. The smallest absolute Gasteiger partial charge is 0.144 e. The van der Waals surface area contributed by atoms with E-state index < -0.39 is 5.60 Å². The molecule has 0 bridgehead atoms. The molecule has 0 radical (unpaired) electrons. The number of aromatic nitrogens is 3. The van der Waals surface area contributed by atoms with Crippen LogP contribution in [-0.4, -0.2) is 15.0 Å². The molecule has 3 heterocycles. The summed E-state index contributed by atoms with van der Waals surface area (Å²) in [5.74, 6) is 3.80.